The Morgan fingerprint density at radius 1 is 1.00 bits per heavy atom. The molecule has 0 unspecified atom stereocenters. The lowest BCUT2D eigenvalue weighted by Gasteiger charge is -2.28. The van der Waals surface area contributed by atoms with Crippen LogP contribution >= 0.6 is 11.6 Å². The van der Waals surface area contributed by atoms with Crippen molar-refractivity contribution in [2.45, 2.75) is 64.8 Å². The van der Waals surface area contributed by atoms with Crippen molar-refractivity contribution < 1.29 is 0 Å². The summed E-state index contributed by atoms with van der Waals surface area (Å²) in [5.74, 6) is 2.04. The summed E-state index contributed by atoms with van der Waals surface area (Å²) in [5.41, 5.74) is 0. The molecular formula is C15H26ClN5. The van der Waals surface area contributed by atoms with E-state index in [2.05, 4.69) is 39.4 Å². The molecule has 118 valence electrons. The quantitative estimate of drug-likeness (QED) is 0.793. The van der Waals surface area contributed by atoms with E-state index in [-0.39, 0.29) is 5.28 Å². The molecule has 0 aliphatic heterocycles. The van der Waals surface area contributed by atoms with E-state index in [0.717, 1.165) is 18.9 Å². The number of halogens is 1. The predicted molar refractivity (Wildman–Crippen MR) is 87.9 cm³/mol. The lowest BCUT2D eigenvalue weighted by Crippen LogP contribution is -2.27. The van der Waals surface area contributed by atoms with E-state index in [9.17, 15) is 0 Å². The van der Waals surface area contributed by atoms with Crippen molar-refractivity contribution in [2.24, 2.45) is 5.92 Å². The summed E-state index contributed by atoms with van der Waals surface area (Å²) >= 11 is 5.97. The maximum absolute atomic E-state index is 5.97. The van der Waals surface area contributed by atoms with Crippen molar-refractivity contribution in [1.82, 2.24) is 15.0 Å². The minimum Gasteiger partial charge on any atom is -0.354 e. The van der Waals surface area contributed by atoms with Gasteiger partial charge in [0.05, 0.1) is 0 Å². The van der Waals surface area contributed by atoms with E-state index in [0.29, 0.717) is 17.9 Å². The van der Waals surface area contributed by atoms with Crippen molar-refractivity contribution in [2.75, 3.05) is 17.2 Å². The van der Waals surface area contributed by atoms with Crippen LogP contribution in [0.4, 0.5) is 11.9 Å². The topological polar surface area (TPSA) is 62.7 Å². The summed E-state index contributed by atoms with van der Waals surface area (Å²) in [4.78, 5) is 12.7. The standard InChI is InChI=1S/C15H26ClN5/c1-3-5-11-6-8-12(9-7-11)18-15-20-13(16)19-14(21-15)17-10-4-2/h11-12H,3-10H2,1-2H3,(H2,17,18,19,20,21). The maximum Gasteiger partial charge on any atom is 0.229 e. The van der Waals surface area contributed by atoms with E-state index in [4.69, 9.17) is 11.6 Å². The zero-order valence-corrected chi connectivity index (χ0v) is 13.8. The average molecular weight is 312 g/mol. The maximum atomic E-state index is 5.97. The van der Waals surface area contributed by atoms with Gasteiger partial charge in [-0.3, -0.25) is 0 Å². The Labute approximate surface area is 132 Å². The second-order valence-corrected chi connectivity index (χ2v) is 6.17. The van der Waals surface area contributed by atoms with Crippen LogP contribution in [0, 0.1) is 5.92 Å². The highest BCUT2D eigenvalue weighted by Crippen LogP contribution is 2.29. The van der Waals surface area contributed by atoms with E-state index in [1.165, 1.54) is 38.5 Å². The number of nitrogens with one attached hydrogen (secondary N) is 2. The van der Waals surface area contributed by atoms with Crippen LogP contribution in [-0.2, 0) is 0 Å². The molecule has 1 aromatic rings. The summed E-state index contributed by atoms with van der Waals surface area (Å²) in [6, 6.07) is 0.454. The summed E-state index contributed by atoms with van der Waals surface area (Å²) in [6.45, 7) is 5.20. The molecule has 0 amide bonds. The summed E-state index contributed by atoms with van der Waals surface area (Å²) in [5, 5.41) is 6.81. The molecule has 0 saturated heterocycles. The van der Waals surface area contributed by atoms with Crippen LogP contribution in [-0.4, -0.2) is 27.5 Å². The fourth-order valence-corrected chi connectivity index (χ4v) is 3.08. The first-order valence-electron chi connectivity index (χ1n) is 8.13. The normalized spacial score (nSPS) is 22.0. The molecule has 1 saturated carbocycles. The van der Waals surface area contributed by atoms with Crippen molar-refractivity contribution in [3.05, 3.63) is 5.28 Å². The predicted octanol–water partition coefficient (Wildman–Crippen LogP) is 4.12. The van der Waals surface area contributed by atoms with Gasteiger partial charge in [0.1, 0.15) is 0 Å². The van der Waals surface area contributed by atoms with Crippen LogP contribution in [0.1, 0.15) is 58.8 Å². The third kappa shape index (κ3) is 5.30. The lowest BCUT2D eigenvalue weighted by molar-refractivity contribution is 0.318. The Bertz CT molecular complexity index is 432. The fraction of sp³-hybridized carbons (Fsp3) is 0.800. The first-order chi connectivity index (χ1) is 10.2. The van der Waals surface area contributed by atoms with Gasteiger partial charge in [-0.1, -0.05) is 26.7 Å². The average Bonchev–Trinajstić information content (AvgIpc) is 2.47. The van der Waals surface area contributed by atoms with Crippen LogP contribution < -0.4 is 10.6 Å². The van der Waals surface area contributed by atoms with Crippen LogP contribution in [0.15, 0.2) is 0 Å². The summed E-state index contributed by atoms with van der Waals surface area (Å²) < 4.78 is 0. The molecule has 0 aromatic carbocycles. The van der Waals surface area contributed by atoms with Gasteiger partial charge < -0.3 is 10.6 Å². The van der Waals surface area contributed by atoms with Crippen LogP contribution in [0.3, 0.4) is 0 Å². The summed E-state index contributed by atoms with van der Waals surface area (Å²) in [6.07, 6.45) is 8.63. The van der Waals surface area contributed by atoms with Crippen LogP contribution in [0.25, 0.3) is 0 Å². The molecule has 0 radical (unpaired) electrons. The van der Waals surface area contributed by atoms with Gasteiger partial charge in [0.15, 0.2) is 0 Å². The molecule has 1 heterocycles. The van der Waals surface area contributed by atoms with Gasteiger partial charge in [0.25, 0.3) is 0 Å². The molecule has 0 bridgehead atoms. The zero-order valence-electron chi connectivity index (χ0n) is 13.0. The number of rotatable bonds is 7. The van der Waals surface area contributed by atoms with Crippen molar-refractivity contribution >= 4 is 23.5 Å². The molecule has 0 spiro atoms. The van der Waals surface area contributed by atoms with Gasteiger partial charge in [0, 0.05) is 12.6 Å². The van der Waals surface area contributed by atoms with Gasteiger partial charge in [-0.25, -0.2) is 0 Å². The highest BCUT2D eigenvalue weighted by atomic mass is 35.5. The molecule has 21 heavy (non-hydrogen) atoms. The number of anilines is 2. The van der Waals surface area contributed by atoms with Gasteiger partial charge in [0.2, 0.25) is 17.2 Å². The highest BCUT2D eigenvalue weighted by Gasteiger charge is 2.21. The van der Waals surface area contributed by atoms with E-state index in [1.54, 1.807) is 0 Å². The molecule has 5 nitrogen and oxygen atoms in total. The second-order valence-electron chi connectivity index (χ2n) is 5.83. The number of hydrogen-bond acceptors (Lipinski definition) is 5. The molecule has 2 rings (SSSR count). The number of nitrogens with zero attached hydrogens (tertiary/aromatic N) is 3. The van der Waals surface area contributed by atoms with Crippen molar-refractivity contribution in [1.29, 1.82) is 0 Å². The largest absolute Gasteiger partial charge is 0.354 e. The molecule has 6 heteroatoms. The van der Waals surface area contributed by atoms with Gasteiger partial charge in [-0.15, -0.1) is 0 Å². The number of hydrogen-bond donors (Lipinski definition) is 2. The Hall–Kier alpha value is -1.10. The lowest BCUT2D eigenvalue weighted by atomic mass is 9.83. The molecule has 1 fully saturated rings. The molecule has 1 aliphatic carbocycles. The van der Waals surface area contributed by atoms with Crippen LogP contribution in [0.2, 0.25) is 5.28 Å². The van der Waals surface area contributed by atoms with E-state index >= 15 is 0 Å². The molecular weight excluding hydrogens is 286 g/mol. The van der Waals surface area contributed by atoms with Crippen molar-refractivity contribution in [3.8, 4) is 0 Å². The third-order valence-electron chi connectivity index (χ3n) is 4.02. The van der Waals surface area contributed by atoms with E-state index in [1.807, 2.05) is 0 Å². The minimum absolute atomic E-state index is 0.241. The van der Waals surface area contributed by atoms with Gasteiger partial charge in [-0.05, 0) is 49.6 Å². The van der Waals surface area contributed by atoms with Crippen LogP contribution in [0.5, 0.6) is 0 Å². The molecule has 2 N–H and O–H groups in total. The summed E-state index contributed by atoms with van der Waals surface area (Å²) in [7, 11) is 0. The third-order valence-corrected chi connectivity index (χ3v) is 4.19. The zero-order chi connectivity index (χ0) is 15.1. The Morgan fingerprint density at radius 3 is 2.38 bits per heavy atom. The number of aromatic nitrogens is 3. The smallest absolute Gasteiger partial charge is 0.229 e. The first-order valence-corrected chi connectivity index (χ1v) is 8.51. The van der Waals surface area contributed by atoms with Crippen molar-refractivity contribution in [3.63, 3.8) is 0 Å². The van der Waals surface area contributed by atoms with Gasteiger partial charge in [-0.2, -0.15) is 15.0 Å². The minimum atomic E-state index is 0.241. The monoisotopic (exact) mass is 311 g/mol. The second kappa shape index (κ2) is 8.37. The first kappa shape index (κ1) is 16.3. The van der Waals surface area contributed by atoms with Gasteiger partial charge >= 0.3 is 0 Å². The Morgan fingerprint density at radius 2 is 1.71 bits per heavy atom. The Kier molecular flexibility index (Phi) is 6.49. The highest BCUT2D eigenvalue weighted by molar-refractivity contribution is 6.28. The van der Waals surface area contributed by atoms with E-state index < -0.39 is 0 Å². The fourth-order valence-electron chi connectivity index (χ4n) is 2.92. The Balaban J connectivity index is 1.89. The molecule has 1 aromatic heterocycles. The molecule has 0 atom stereocenters. The molecule has 1 aliphatic rings. The SMILES string of the molecule is CCCNc1nc(Cl)nc(NC2CCC(CCC)CC2)n1.